The van der Waals surface area contributed by atoms with Crippen LogP contribution in [0.3, 0.4) is 0 Å². The summed E-state index contributed by atoms with van der Waals surface area (Å²) in [5.41, 5.74) is 2.83. The van der Waals surface area contributed by atoms with Gasteiger partial charge in [-0.3, -0.25) is 4.98 Å². The Bertz CT molecular complexity index is 557. The number of rotatable bonds is 4. The van der Waals surface area contributed by atoms with Crippen molar-refractivity contribution in [3.8, 4) is 0 Å². The zero-order valence-corrected chi connectivity index (χ0v) is 12.1. The Hall–Kier alpha value is -1.68. The Kier molecular flexibility index (Phi) is 4.32. The first-order valence-corrected chi connectivity index (χ1v) is 6.57. The molecule has 2 aromatic rings. The molecule has 0 spiro atoms. The molecule has 19 heavy (non-hydrogen) atoms. The number of anilines is 1. The molecule has 4 nitrogen and oxygen atoms in total. The molecule has 2 aromatic heterocycles. The monoisotopic (exact) mass is 276 g/mol. The van der Waals surface area contributed by atoms with Gasteiger partial charge in [0.15, 0.2) is 11.0 Å². The van der Waals surface area contributed by atoms with Crippen molar-refractivity contribution >= 4 is 17.4 Å². The van der Waals surface area contributed by atoms with Gasteiger partial charge in [0.05, 0.1) is 11.4 Å². The molecule has 5 heteroatoms. The molecule has 0 saturated heterocycles. The quantitative estimate of drug-likeness (QED) is 0.861. The van der Waals surface area contributed by atoms with E-state index in [1.165, 1.54) is 0 Å². The maximum absolute atomic E-state index is 6.15. The number of aromatic nitrogens is 3. The Morgan fingerprint density at radius 1 is 1.16 bits per heavy atom. The molecule has 0 aliphatic carbocycles. The second kappa shape index (κ2) is 5.97. The van der Waals surface area contributed by atoms with Crippen molar-refractivity contribution < 1.29 is 0 Å². The second-order valence-corrected chi connectivity index (χ2v) is 4.86. The van der Waals surface area contributed by atoms with Crippen LogP contribution < -0.4 is 4.90 Å². The van der Waals surface area contributed by atoms with Gasteiger partial charge in [-0.05, 0) is 26.0 Å². The first kappa shape index (κ1) is 13.7. The van der Waals surface area contributed by atoms with Crippen LogP contribution in [0.1, 0.15) is 17.1 Å². The van der Waals surface area contributed by atoms with Crippen molar-refractivity contribution in [2.45, 2.75) is 20.3 Å². The molecule has 100 valence electrons. The highest BCUT2D eigenvalue weighted by Crippen LogP contribution is 2.21. The lowest BCUT2D eigenvalue weighted by Gasteiger charge is -2.19. The van der Waals surface area contributed by atoms with Crippen molar-refractivity contribution in [2.24, 2.45) is 0 Å². The fraction of sp³-hybridized carbons (Fsp3) is 0.357. The van der Waals surface area contributed by atoms with E-state index in [1.807, 2.05) is 44.0 Å². The van der Waals surface area contributed by atoms with Gasteiger partial charge in [0, 0.05) is 31.9 Å². The highest BCUT2D eigenvalue weighted by atomic mass is 35.5. The largest absolute Gasteiger partial charge is 0.357 e. The van der Waals surface area contributed by atoms with Gasteiger partial charge in [0.2, 0.25) is 0 Å². The first-order chi connectivity index (χ1) is 9.08. The molecule has 0 bridgehead atoms. The Labute approximate surface area is 118 Å². The minimum Gasteiger partial charge on any atom is -0.357 e. The average molecular weight is 277 g/mol. The number of hydrogen-bond donors (Lipinski definition) is 0. The summed E-state index contributed by atoms with van der Waals surface area (Å²) in [6.07, 6.45) is 2.65. The second-order valence-electron chi connectivity index (χ2n) is 4.50. The van der Waals surface area contributed by atoms with Gasteiger partial charge in [0.25, 0.3) is 0 Å². The van der Waals surface area contributed by atoms with Gasteiger partial charge in [-0.25, -0.2) is 9.97 Å². The maximum Gasteiger partial charge on any atom is 0.171 e. The molecular weight excluding hydrogens is 260 g/mol. The van der Waals surface area contributed by atoms with E-state index >= 15 is 0 Å². The van der Waals surface area contributed by atoms with Crippen LogP contribution in [0, 0.1) is 13.8 Å². The van der Waals surface area contributed by atoms with Gasteiger partial charge >= 0.3 is 0 Å². The van der Waals surface area contributed by atoms with E-state index in [0.717, 1.165) is 35.9 Å². The van der Waals surface area contributed by atoms with Crippen LogP contribution in [0.25, 0.3) is 0 Å². The van der Waals surface area contributed by atoms with Crippen molar-refractivity contribution in [3.05, 3.63) is 46.6 Å². The number of halogens is 1. The molecule has 0 amide bonds. The SMILES string of the molecule is Cc1nc(Cl)c(N(C)CCc2ccccn2)nc1C. The normalized spacial score (nSPS) is 10.5. The predicted octanol–water partition coefficient (Wildman–Crippen LogP) is 2.82. The molecule has 0 fully saturated rings. The van der Waals surface area contributed by atoms with Crippen LogP contribution in [0.4, 0.5) is 5.82 Å². The van der Waals surface area contributed by atoms with E-state index in [0.29, 0.717) is 5.15 Å². The molecule has 0 aliphatic heterocycles. The smallest absolute Gasteiger partial charge is 0.171 e. The molecule has 0 aliphatic rings. The topological polar surface area (TPSA) is 41.9 Å². The van der Waals surface area contributed by atoms with Crippen molar-refractivity contribution in [1.29, 1.82) is 0 Å². The zero-order valence-electron chi connectivity index (χ0n) is 11.4. The lowest BCUT2D eigenvalue weighted by atomic mass is 10.2. The van der Waals surface area contributed by atoms with E-state index in [-0.39, 0.29) is 0 Å². The van der Waals surface area contributed by atoms with Gasteiger partial charge in [-0.1, -0.05) is 17.7 Å². The summed E-state index contributed by atoms with van der Waals surface area (Å²) in [6, 6.07) is 5.92. The van der Waals surface area contributed by atoms with Crippen LogP contribution in [-0.4, -0.2) is 28.5 Å². The first-order valence-electron chi connectivity index (χ1n) is 6.19. The highest BCUT2D eigenvalue weighted by Gasteiger charge is 2.11. The van der Waals surface area contributed by atoms with Crippen molar-refractivity contribution in [1.82, 2.24) is 15.0 Å². The Morgan fingerprint density at radius 2 is 1.89 bits per heavy atom. The van der Waals surface area contributed by atoms with E-state index in [4.69, 9.17) is 11.6 Å². The fourth-order valence-corrected chi connectivity index (χ4v) is 2.05. The summed E-state index contributed by atoms with van der Waals surface area (Å²) in [5.74, 6) is 0.723. The summed E-state index contributed by atoms with van der Waals surface area (Å²) in [5, 5.41) is 0.451. The third-order valence-corrected chi connectivity index (χ3v) is 3.29. The lowest BCUT2D eigenvalue weighted by Crippen LogP contribution is -2.23. The minimum absolute atomic E-state index is 0.451. The number of aryl methyl sites for hydroxylation is 2. The van der Waals surface area contributed by atoms with Crippen LogP contribution in [0.2, 0.25) is 5.15 Å². The standard InChI is InChI=1S/C14H17ClN4/c1-10-11(2)18-14(13(15)17-10)19(3)9-7-12-6-4-5-8-16-12/h4-6,8H,7,9H2,1-3H3. The number of nitrogens with zero attached hydrogens (tertiary/aromatic N) is 4. The predicted molar refractivity (Wildman–Crippen MR) is 77.7 cm³/mol. The summed E-state index contributed by atoms with van der Waals surface area (Å²) < 4.78 is 0. The van der Waals surface area contributed by atoms with Crippen molar-refractivity contribution in [3.63, 3.8) is 0 Å². The molecule has 0 atom stereocenters. The lowest BCUT2D eigenvalue weighted by molar-refractivity contribution is 0.829. The molecular formula is C14H17ClN4. The molecule has 0 aromatic carbocycles. The molecule has 2 heterocycles. The number of likely N-dealkylation sites (N-methyl/N-ethyl adjacent to an activating group) is 1. The maximum atomic E-state index is 6.15. The summed E-state index contributed by atoms with van der Waals surface area (Å²) >= 11 is 6.15. The van der Waals surface area contributed by atoms with E-state index in [1.54, 1.807) is 6.20 Å². The summed E-state index contributed by atoms with van der Waals surface area (Å²) in [7, 11) is 1.97. The number of hydrogen-bond acceptors (Lipinski definition) is 4. The summed E-state index contributed by atoms with van der Waals surface area (Å²) in [6.45, 7) is 4.65. The molecule has 0 radical (unpaired) electrons. The van der Waals surface area contributed by atoms with Crippen LogP contribution >= 0.6 is 11.6 Å². The van der Waals surface area contributed by atoms with E-state index < -0.39 is 0 Å². The van der Waals surface area contributed by atoms with E-state index in [9.17, 15) is 0 Å². The third-order valence-electron chi connectivity index (χ3n) is 3.04. The van der Waals surface area contributed by atoms with Gasteiger partial charge < -0.3 is 4.90 Å². The highest BCUT2D eigenvalue weighted by molar-refractivity contribution is 6.31. The summed E-state index contributed by atoms with van der Waals surface area (Å²) in [4.78, 5) is 15.1. The van der Waals surface area contributed by atoms with Crippen LogP contribution in [-0.2, 0) is 6.42 Å². The average Bonchev–Trinajstić information content (AvgIpc) is 2.41. The molecule has 2 rings (SSSR count). The fourth-order valence-electron chi connectivity index (χ4n) is 1.74. The minimum atomic E-state index is 0.451. The number of pyridine rings is 1. The van der Waals surface area contributed by atoms with Crippen LogP contribution in [0.15, 0.2) is 24.4 Å². The van der Waals surface area contributed by atoms with Crippen molar-refractivity contribution in [2.75, 3.05) is 18.5 Å². The molecule has 0 saturated carbocycles. The van der Waals surface area contributed by atoms with Crippen LogP contribution in [0.5, 0.6) is 0 Å². The zero-order chi connectivity index (χ0) is 13.8. The molecule has 0 unspecified atom stereocenters. The Morgan fingerprint density at radius 3 is 2.58 bits per heavy atom. The molecule has 0 N–H and O–H groups in total. The van der Waals surface area contributed by atoms with E-state index in [2.05, 4.69) is 15.0 Å². The van der Waals surface area contributed by atoms with Gasteiger partial charge in [-0.15, -0.1) is 0 Å². The Balaban J connectivity index is 2.08. The van der Waals surface area contributed by atoms with Gasteiger partial charge in [0.1, 0.15) is 0 Å². The third kappa shape index (κ3) is 3.41. The van der Waals surface area contributed by atoms with Gasteiger partial charge in [-0.2, -0.15) is 0 Å².